The molecule has 2 nitrogen and oxygen atoms in total. The lowest BCUT2D eigenvalue weighted by Gasteiger charge is -2.01. The number of hydrogen-bond donors (Lipinski definition) is 1. The molecule has 0 amide bonds. The molecule has 18 heavy (non-hydrogen) atoms. The van der Waals surface area contributed by atoms with Gasteiger partial charge in [-0.3, -0.25) is 0 Å². The van der Waals surface area contributed by atoms with Crippen LogP contribution in [0.4, 0.5) is 0 Å². The van der Waals surface area contributed by atoms with Gasteiger partial charge in [-0.1, -0.05) is 22.9 Å². The first-order valence-corrected chi connectivity index (χ1v) is 7.90. The van der Waals surface area contributed by atoms with Crippen LogP contribution < -0.4 is 5.32 Å². The van der Waals surface area contributed by atoms with E-state index in [0.717, 1.165) is 33.3 Å². The fraction of sp³-hybridized carbons (Fsp3) is 0.429. The Kier molecular flexibility index (Phi) is 3.52. The molecule has 0 radical (unpaired) electrons. The highest BCUT2D eigenvalue weighted by Crippen LogP contribution is 2.35. The van der Waals surface area contributed by atoms with E-state index >= 15 is 0 Å². The smallest absolute Gasteiger partial charge is 0.148 e. The number of furan rings is 1. The molecule has 0 bridgehead atoms. The zero-order valence-corrected chi connectivity index (χ0v) is 13.4. The Hall–Kier alpha value is -0.320. The van der Waals surface area contributed by atoms with E-state index in [1.54, 1.807) is 0 Å². The third-order valence-electron chi connectivity index (χ3n) is 3.38. The van der Waals surface area contributed by atoms with Crippen molar-refractivity contribution >= 4 is 42.8 Å². The lowest BCUT2D eigenvalue weighted by atomic mass is 10.1. The number of fused-ring (bicyclic) bond motifs is 1. The van der Waals surface area contributed by atoms with E-state index < -0.39 is 0 Å². The first-order chi connectivity index (χ1) is 8.69. The maximum Gasteiger partial charge on any atom is 0.148 e. The summed E-state index contributed by atoms with van der Waals surface area (Å²) >= 11 is 7.11. The van der Waals surface area contributed by atoms with Gasteiger partial charge in [0.25, 0.3) is 0 Å². The molecule has 0 spiro atoms. The minimum atomic E-state index is 0.707. The molecule has 0 atom stereocenters. The van der Waals surface area contributed by atoms with Gasteiger partial charge in [0.05, 0.1) is 11.0 Å². The minimum absolute atomic E-state index is 0.707. The molecule has 2 aromatic rings. The number of hydrogen-bond acceptors (Lipinski definition) is 2. The van der Waals surface area contributed by atoms with Gasteiger partial charge in [0.2, 0.25) is 0 Å². The van der Waals surface area contributed by atoms with Crippen LogP contribution in [-0.4, -0.2) is 6.04 Å². The Morgan fingerprint density at radius 2 is 2.11 bits per heavy atom. The molecule has 0 unspecified atom stereocenters. The first kappa shape index (κ1) is 12.7. The predicted octanol–water partition coefficient (Wildman–Crippen LogP) is 4.77. The second-order valence-electron chi connectivity index (χ2n) is 4.78. The van der Waals surface area contributed by atoms with E-state index in [2.05, 4.69) is 50.2 Å². The van der Waals surface area contributed by atoms with Crippen LogP contribution in [0.25, 0.3) is 11.0 Å². The summed E-state index contributed by atoms with van der Waals surface area (Å²) in [5.41, 5.74) is 2.28. The summed E-state index contributed by atoms with van der Waals surface area (Å²) in [6, 6.07) is 4.88. The summed E-state index contributed by atoms with van der Waals surface area (Å²) < 4.78 is 8.12. The van der Waals surface area contributed by atoms with Gasteiger partial charge in [-0.25, -0.2) is 0 Å². The normalized spacial score (nSPS) is 15.5. The minimum Gasteiger partial charge on any atom is -0.458 e. The second kappa shape index (κ2) is 4.99. The number of rotatable bonds is 4. The van der Waals surface area contributed by atoms with E-state index in [1.807, 2.05) is 6.07 Å². The monoisotopic (exact) mass is 371 g/mol. The summed E-state index contributed by atoms with van der Waals surface area (Å²) in [4.78, 5) is 0. The topological polar surface area (TPSA) is 25.2 Å². The van der Waals surface area contributed by atoms with Crippen molar-refractivity contribution < 1.29 is 4.42 Å². The molecular formula is C14H15Br2NO. The molecule has 0 saturated heterocycles. The fourth-order valence-electron chi connectivity index (χ4n) is 2.28. The third kappa shape index (κ3) is 2.38. The molecule has 1 aromatic carbocycles. The molecule has 1 saturated carbocycles. The van der Waals surface area contributed by atoms with Crippen LogP contribution in [0.5, 0.6) is 0 Å². The second-order valence-corrected chi connectivity index (χ2v) is 6.55. The quantitative estimate of drug-likeness (QED) is 0.835. The molecule has 1 aliphatic rings. The average molecular weight is 373 g/mol. The Balaban J connectivity index is 2.04. The molecule has 0 aliphatic heterocycles. The van der Waals surface area contributed by atoms with Crippen molar-refractivity contribution in [1.82, 2.24) is 5.32 Å². The van der Waals surface area contributed by atoms with Gasteiger partial charge in [-0.05, 0) is 47.3 Å². The van der Waals surface area contributed by atoms with Crippen molar-refractivity contribution in [1.29, 1.82) is 0 Å². The summed E-state index contributed by atoms with van der Waals surface area (Å²) in [6.45, 7) is 3.02. The zero-order valence-electron chi connectivity index (χ0n) is 10.2. The fourth-order valence-corrected chi connectivity index (χ4v) is 3.58. The van der Waals surface area contributed by atoms with Gasteiger partial charge < -0.3 is 9.73 Å². The average Bonchev–Trinajstić information content (AvgIpc) is 3.08. The van der Waals surface area contributed by atoms with Crippen molar-refractivity contribution in [3.8, 4) is 0 Å². The van der Waals surface area contributed by atoms with Crippen molar-refractivity contribution in [2.45, 2.75) is 38.8 Å². The van der Waals surface area contributed by atoms with Gasteiger partial charge in [-0.15, -0.1) is 0 Å². The molecule has 1 fully saturated rings. The molecule has 1 N–H and O–H groups in total. The highest BCUT2D eigenvalue weighted by atomic mass is 79.9. The van der Waals surface area contributed by atoms with Crippen LogP contribution in [-0.2, 0) is 13.0 Å². The van der Waals surface area contributed by atoms with Crippen LogP contribution >= 0.6 is 31.9 Å². The lowest BCUT2D eigenvalue weighted by molar-refractivity contribution is 0.506. The van der Waals surface area contributed by atoms with Crippen molar-refractivity contribution in [2.24, 2.45) is 0 Å². The predicted molar refractivity (Wildman–Crippen MR) is 80.9 cm³/mol. The molecule has 96 valence electrons. The highest BCUT2D eigenvalue weighted by Gasteiger charge is 2.22. The maximum absolute atomic E-state index is 6.02. The van der Waals surface area contributed by atoms with E-state index in [1.165, 1.54) is 23.8 Å². The van der Waals surface area contributed by atoms with Gasteiger partial charge in [-0.2, -0.15) is 0 Å². The van der Waals surface area contributed by atoms with Crippen molar-refractivity contribution in [3.63, 3.8) is 0 Å². The Labute approximate surface area is 123 Å². The summed E-state index contributed by atoms with van der Waals surface area (Å²) in [5.74, 6) is 1.08. The van der Waals surface area contributed by atoms with Gasteiger partial charge in [0.15, 0.2) is 0 Å². The molecule has 1 aromatic heterocycles. The Morgan fingerprint density at radius 1 is 1.33 bits per heavy atom. The largest absolute Gasteiger partial charge is 0.458 e. The number of aryl methyl sites for hydroxylation is 1. The van der Waals surface area contributed by atoms with Crippen LogP contribution in [0.15, 0.2) is 25.5 Å². The van der Waals surface area contributed by atoms with E-state index in [0.29, 0.717) is 6.04 Å². The van der Waals surface area contributed by atoms with Crippen LogP contribution in [0.3, 0.4) is 0 Å². The van der Waals surface area contributed by atoms with Gasteiger partial charge >= 0.3 is 0 Å². The van der Waals surface area contributed by atoms with Crippen LogP contribution in [0, 0.1) is 0 Å². The van der Waals surface area contributed by atoms with E-state index in [-0.39, 0.29) is 0 Å². The molecule has 1 aliphatic carbocycles. The standard InChI is InChI=1S/C14H15Br2NO/c1-2-10-11-5-8(15)6-12(16)14(11)18-13(10)7-17-9-3-4-9/h5-6,9,17H,2-4,7H2,1H3. The summed E-state index contributed by atoms with van der Waals surface area (Å²) in [6.07, 6.45) is 3.60. The first-order valence-electron chi connectivity index (χ1n) is 6.31. The van der Waals surface area contributed by atoms with E-state index in [4.69, 9.17) is 4.42 Å². The third-order valence-corrected chi connectivity index (χ3v) is 4.42. The van der Waals surface area contributed by atoms with Gasteiger partial charge in [0.1, 0.15) is 11.3 Å². The summed E-state index contributed by atoms with van der Waals surface area (Å²) in [7, 11) is 0. The van der Waals surface area contributed by atoms with Crippen LogP contribution in [0.1, 0.15) is 31.1 Å². The Morgan fingerprint density at radius 3 is 2.78 bits per heavy atom. The summed E-state index contributed by atoms with van der Waals surface area (Å²) in [5, 5.41) is 4.74. The van der Waals surface area contributed by atoms with Crippen molar-refractivity contribution in [2.75, 3.05) is 0 Å². The number of halogens is 2. The van der Waals surface area contributed by atoms with E-state index in [9.17, 15) is 0 Å². The Bertz CT molecular complexity index is 587. The maximum atomic E-state index is 6.02. The van der Waals surface area contributed by atoms with Gasteiger partial charge in [0, 0.05) is 21.5 Å². The molecule has 1 heterocycles. The molecular weight excluding hydrogens is 358 g/mol. The molecule has 3 rings (SSSR count). The highest BCUT2D eigenvalue weighted by molar-refractivity contribution is 9.11. The SMILES string of the molecule is CCc1c(CNC2CC2)oc2c(Br)cc(Br)cc12. The lowest BCUT2D eigenvalue weighted by Crippen LogP contribution is -2.15. The van der Waals surface area contributed by atoms with Crippen molar-refractivity contribution in [3.05, 3.63) is 32.4 Å². The zero-order chi connectivity index (χ0) is 12.7. The van der Waals surface area contributed by atoms with Crippen LogP contribution in [0.2, 0.25) is 0 Å². The molecule has 4 heteroatoms. The number of nitrogens with one attached hydrogen (secondary N) is 1. The number of benzene rings is 1.